The lowest BCUT2D eigenvalue weighted by Crippen LogP contribution is -2.43. The first-order chi connectivity index (χ1) is 17.2. The summed E-state index contributed by atoms with van der Waals surface area (Å²) in [5, 5.41) is 3.27. The highest BCUT2D eigenvalue weighted by molar-refractivity contribution is 7.93. The van der Waals surface area contributed by atoms with Crippen molar-refractivity contribution in [1.29, 1.82) is 0 Å². The molecule has 1 aliphatic rings. The zero-order chi connectivity index (χ0) is 25.8. The normalized spacial score (nSPS) is 14.2. The molecular weight excluding hydrogens is 504 g/mol. The van der Waals surface area contributed by atoms with Crippen molar-refractivity contribution in [3.8, 4) is 11.5 Å². The maximum atomic E-state index is 13.4. The summed E-state index contributed by atoms with van der Waals surface area (Å²) < 4.78 is 68.6. The summed E-state index contributed by atoms with van der Waals surface area (Å²) in [6.45, 7) is 3.04. The predicted molar refractivity (Wildman–Crippen MR) is 139 cm³/mol. The van der Waals surface area contributed by atoms with Crippen LogP contribution >= 0.6 is 0 Å². The molecule has 1 saturated heterocycles. The lowest BCUT2D eigenvalue weighted by Gasteiger charge is -2.30. The Hall–Kier alpha value is -3.48. The van der Waals surface area contributed by atoms with Gasteiger partial charge in [0.25, 0.3) is 20.0 Å². The topological polar surface area (TPSA) is 126 Å². The average molecular weight is 533 g/mol. The van der Waals surface area contributed by atoms with Crippen LogP contribution in [0.25, 0.3) is 0 Å². The van der Waals surface area contributed by atoms with Crippen LogP contribution in [0.3, 0.4) is 0 Å². The average Bonchev–Trinajstić information content (AvgIpc) is 2.89. The van der Waals surface area contributed by atoms with E-state index in [2.05, 4.69) is 19.7 Å². The maximum absolute atomic E-state index is 13.4. The van der Waals surface area contributed by atoms with Crippen LogP contribution in [0.5, 0.6) is 11.5 Å². The van der Waals surface area contributed by atoms with Crippen LogP contribution < -0.4 is 29.1 Å². The van der Waals surface area contributed by atoms with Crippen molar-refractivity contribution in [3.63, 3.8) is 0 Å². The van der Waals surface area contributed by atoms with Gasteiger partial charge < -0.3 is 19.7 Å². The minimum atomic E-state index is -4.18. The number of rotatable bonds is 9. The number of piperazine rings is 1. The van der Waals surface area contributed by atoms with Crippen molar-refractivity contribution in [2.45, 2.75) is 9.79 Å². The molecule has 0 aromatic heterocycles. The number of nitrogens with zero attached hydrogens (tertiary/aromatic N) is 1. The van der Waals surface area contributed by atoms with Gasteiger partial charge in [0.15, 0.2) is 11.5 Å². The third kappa shape index (κ3) is 5.50. The summed E-state index contributed by atoms with van der Waals surface area (Å²) in [4.78, 5) is 2.01. The molecule has 3 N–H and O–H groups in total. The molecule has 192 valence electrons. The van der Waals surface area contributed by atoms with Crippen LogP contribution in [0.4, 0.5) is 17.1 Å². The largest absolute Gasteiger partial charge is 0.493 e. The Balaban J connectivity index is 1.75. The van der Waals surface area contributed by atoms with Gasteiger partial charge in [0.1, 0.15) is 4.90 Å². The molecule has 1 fully saturated rings. The Morgan fingerprint density at radius 3 is 2.14 bits per heavy atom. The number of anilines is 3. The van der Waals surface area contributed by atoms with Crippen molar-refractivity contribution in [3.05, 3.63) is 66.7 Å². The van der Waals surface area contributed by atoms with E-state index in [1.165, 1.54) is 38.5 Å². The van der Waals surface area contributed by atoms with E-state index in [1.54, 1.807) is 42.5 Å². The van der Waals surface area contributed by atoms with E-state index in [0.29, 0.717) is 0 Å². The molecule has 0 radical (unpaired) electrons. The first-order valence-corrected chi connectivity index (χ1v) is 14.1. The second-order valence-electron chi connectivity index (χ2n) is 7.98. The fourth-order valence-corrected chi connectivity index (χ4v) is 6.25. The summed E-state index contributed by atoms with van der Waals surface area (Å²) in [5.74, 6) is 0.288. The Morgan fingerprint density at radius 2 is 1.47 bits per heavy atom. The van der Waals surface area contributed by atoms with E-state index in [4.69, 9.17) is 9.47 Å². The molecular formula is C24H28N4O6S2. The maximum Gasteiger partial charge on any atom is 0.265 e. The second-order valence-corrected chi connectivity index (χ2v) is 11.3. The van der Waals surface area contributed by atoms with Gasteiger partial charge in [-0.15, -0.1) is 0 Å². The number of sulfonamides is 2. The van der Waals surface area contributed by atoms with Gasteiger partial charge >= 0.3 is 0 Å². The van der Waals surface area contributed by atoms with Crippen molar-refractivity contribution in [2.75, 3.05) is 54.7 Å². The van der Waals surface area contributed by atoms with Crippen LogP contribution in [0.15, 0.2) is 76.5 Å². The van der Waals surface area contributed by atoms with E-state index >= 15 is 0 Å². The van der Waals surface area contributed by atoms with E-state index in [1.807, 2.05) is 0 Å². The highest BCUT2D eigenvalue weighted by Crippen LogP contribution is 2.37. The zero-order valence-corrected chi connectivity index (χ0v) is 21.5. The van der Waals surface area contributed by atoms with Crippen molar-refractivity contribution >= 4 is 37.1 Å². The summed E-state index contributed by atoms with van der Waals surface area (Å²) in [6.07, 6.45) is 0. The molecule has 0 spiro atoms. The van der Waals surface area contributed by atoms with Gasteiger partial charge in [0.2, 0.25) is 0 Å². The summed E-state index contributed by atoms with van der Waals surface area (Å²) in [7, 11) is -5.41. The highest BCUT2D eigenvalue weighted by atomic mass is 32.2. The van der Waals surface area contributed by atoms with Crippen LogP contribution in [0, 0.1) is 0 Å². The van der Waals surface area contributed by atoms with Crippen molar-refractivity contribution < 1.29 is 26.3 Å². The molecule has 0 aliphatic carbocycles. The number of benzene rings is 3. The highest BCUT2D eigenvalue weighted by Gasteiger charge is 2.25. The second kappa shape index (κ2) is 10.6. The van der Waals surface area contributed by atoms with Crippen LogP contribution in [-0.2, 0) is 20.0 Å². The molecule has 36 heavy (non-hydrogen) atoms. The predicted octanol–water partition coefficient (Wildman–Crippen LogP) is 2.71. The SMILES string of the molecule is COc1cccc(S(=O)(=O)Nc2ccc(N3CCNCC3)cc2NS(=O)(=O)c2ccccc2)c1OC. The molecule has 4 rings (SSSR count). The molecule has 10 nitrogen and oxygen atoms in total. The van der Waals surface area contributed by atoms with Gasteiger partial charge in [-0.1, -0.05) is 24.3 Å². The Morgan fingerprint density at radius 1 is 0.778 bits per heavy atom. The summed E-state index contributed by atoms with van der Waals surface area (Å²) in [6, 6.07) is 17.3. The summed E-state index contributed by atoms with van der Waals surface area (Å²) >= 11 is 0. The number of nitrogens with one attached hydrogen (secondary N) is 3. The van der Waals surface area contributed by atoms with Crippen LogP contribution in [0.1, 0.15) is 0 Å². The number of hydrogen-bond acceptors (Lipinski definition) is 8. The van der Waals surface area contributed by atoms with Crippen molar-refractivity contribution in [2.24, 2.45) is 0 Å². The third-order valence-electron chi connectivity index (χ3n) is 5.68. The first-order valence-electron chi connectivity index (χ1n) is 11.2. The fraction of sp³-hybridized carbons (Fsp3) is 0.250. The zero-order valence-electron chi connectivity index (χ0n) is 19.9. The first kappa shape index (κ1) is 25.6. The molecule has 0 atom stereocenters. The van der Waals surface area contributed by atoms with E-state index in [-0.39, 0.29) is 32.7 Å². The Kier molecular flexibility index (Phi) is 7.57. The summed E-state index contributed by atoms with van der Waals surface area (Å²) in [5.41, 5.74) is 0.933. The number of ether oxygens (including phenoxy) is 2. The molecule has 1 aliphatic heterocycles. The van der Waals surface area contributed by atoms with E-state index < -0.39 is 20.0 Å². The van der Waals surface area contributed by atoms with Crippen LogP contribution in [0.2, 0.25) is 0 Å². The number of para-hydroxylation sites is 1. The molecule has 1 heterocycles. The minimum Gasteiger partial charge on any atom is -0.493 e. The van der Waals surface area contributed by atoms with E-state index in [9.17, 15) is 16.8 Å². The number of methoxy groups -OCH3 is 2. The quantitative estimate of drug-likeness (QED) is 0.384. The van der Waals surface area contributed by atoms with Gasteiger partial charge in [0, 0.05) is 31.9 Å². The lowest BCUT2D eigenvalue weighted by molar-refractivity contribution is 0.347. The standard InChI is InChI=1S/C24H28N4O6S2/c1-33-22-9-6-10-23(24(22)34-2)36(31,32)26-20-12-11-18(28-15-13-25-14-16-28)17-21(20)27-35(29,30)19-7-4-3-5-8-19/h3-12,17,25-27H,13-16H2,1-2H3. The molecule has 0 saturated carbocycles. The smallest absolute Gasteiger partial charge is 0.265 e. The van der Waals surface area contributed by atoms with E-state index in [0.717, 1.165) is 31.9 Å². The Labute approximate surface area is 211 Å². The molecule has 3 aromatic rings. The molecule has 0 unspecified atom stereocenters. The van der Waals surface area contributed by atoms with Crippen molar-refractivity contribution in [1.82, 2.24) is 5.32 Å². The fourth-order valence-electron chi connectivity index (χ4n) is 3.90. The molecule has 0 amide bonds. The van der Waals surface area contributed by atoms with Crippen LogP contribution in [-0.4, -0.2) is 57.2 Å². The molecule has 12 heteroatoms. The van der Waals surface area contributed by atoms with Gasteiger partial charge in [-0.3, -0.25) is 9.44 Å². The molecule has 3 aromatic carbocycles. The van der Waals surface area contributed by atoms with Gasteiger partial charge in [-0.2, -0.15) is 0 Å². The minimum absolute atomic E-state index is 0.0383. The van der Waals surface area contributed by atoms with Gasteiger partial charge in [0.05, 0.1) is 30.5 Å². The van der Waals surface area contributed by atoms with Gasteiger partial charge in [-0.05, 0) is 42.5 Å². The Bertz CT molecular complexity index is 1420. The third-order valence-corrected chi connectivity index (χ3v) is 8.45. The van der Waals surface area contributed by atoms with Gasteiger partial charge in [-0.25, -0.2) is 16.8 Å². The molecule has 0 bridgehead atoms. The number of hydrogen-bond donors (Lipinski definition) is 3. The lowest BCUT2D eigenvalue weighted by atomic mass is 10.2. The monoisotopic (exact) mass is 532 g/mol.